The van der Waals surface area contributed by atoms with Gasteiger partial charge in [-0.3, -0.25) is 4.99 Å². The van der Waals surface area contributed by atoms with Gasteiger partial charge in [0.2, 0.25) is 0 Å². The molecule has 0 saturated heterocycles. The maximum atomic E-state index is 9.40. The second-order valence-electron chi connectivity index (χ2n) is 2.47. The maximum Gasteiger partial charge on any atom is 0.124 e. The van der Waals surface area contributed by atoms with Crippen LogP contribution >= 0.6 is 11.6 Å². The van der Waals surface area contributed by atoms with E-state index in [1.54, 1.807) is 25.2 Å². The molecule has 0 fully saturated rings. The minimum atomic E-state index is 0.211. The summed E-state index contributed by atoms with van der Waals surface area (Å²) in [6.07, 6.45) is 0. The molecule has 0 radical (unpaired) electrons. The van der Waals surface area contributed by atoms with Crippen LogP contribution in [0.5, 0.6) is 5.75 Å². The van der Waals surface area contributed by atoms with Crippen molar-refractivity contribution in [1.82, 2.24) is 0 Å². The number of hydrogen-bond donors (Lipinski definition) is 1. The van der Waals surface area contributed by atoms with Gasteiger partial charge < -0.3 is 5.11 Å². The van der Waals surface area contributed by atoms with Crippen LogP contribution in [0.2, 0.25) is 5.02 Å². The molecule has 0 spiro atoms. The summed E-state index contributed by atoms with van der Waals surface area (Å²) in [5.41, 5.74) is 1.46. The van der Waals surface area contributed by atoms with Gasteiger partial charge in [0.15, 0.2) is 0 Å². The van der Waals surface area contributed by atoms with Crippen LogP contribution in [0.25, 0.3) is 0 Å². The Morgan fingerprint density at radius 3 is 2.75 bits per heavy atom. The highest BCUT2D eigenvalue weighted by Gasteiger charge is 2.03. The fraction of sp³-hybridized carbons (Fsp3) is 0.222. The number of phenols is 1. The molecule has 0 amide bonds. The van der Waals surface area contributed by atoms with Crippen molar-refractivity contribution < 1.29 is 5.11 Å². The Morgan fingerprint density at radius 2 is 2.17 bits per heavy atom. The SMILES string of the molecule is CN=C(C)c1cc(Cl)ccc1O. The first kappa shape index (κ1) is 9.07. The van der Waals surface area contributed by atoms with Gasteiger partial charge in [0, 0.05) is 23.3 Å². The van der Waals surface area contributed by atoms with Crippen molar-refractivity contribution in [3.8, 4) is 5.75 Å². The monoisotopic (exact) mass is 183 g/mol. The first-order chi connectivity index (χ1) is 5.65. The van der Waals surface area contributed by atoms with E-state index in [0.29, 0.717) is 10.6 Å². The lowest BCUT2D eigenvalue weighted by molar-refractivity contribution is 0.474. The van der Waals surface area contributed by atoms with Crippen LogP contribution in [-0.2, 0) is 0 Å². The number of aromatic hydroxyl groups is 1. The van der Waals surface area contributed by atoms with Crippen molar-refractivity contribution in [3.63, 3.8) is 0 Å². The summed E-state index contributed by atoms with van der Waals surface area (Å²) in [7, 11) is 1.68. The Morgan fingerprint density at radius 1 is 1.50 bits per heavy atom. The molecule has 1 rings (SSSR count). The molecule has 1 aromatic rings. The van der Waals surface area contributed by atoms with Gasteiger partial charge in [0.05, 0.1) is 0 Å². The van der Waals surface area contributed by atoms with E-state index in [0.717, 1.165) is 5.71 Å². The minimum Gasteiger partial charge on any atom is -0.507 e. The molecule has 0 aliphatic rings. The zero-order valence-corrected chi connectivity index (χ0v) is 7.76. The summed E-state index contributed by atoms with van der Waals surface area (Å²) in [5, 5.41) is 10.00. The van der Waals surface area contributed by atoms with E-state index >= 15 is 0 Å². The molecule has 64 valence electrons. The summed E-state index contributed by atoms with van der Waals surface area (Å²) in [6.45, 7) is 1.82. The Labute approximate surface area is 76.5 Å². The standard InChI is InChI=1S/C9H10ClNO/c1-6(11-2)8-5-7(10)3-4-9(8)12/h3-5,12H,1-2H3. The zero-order chi connectivity index (χ0) is 9.14. The lowest BCUT2D eigenvalue weighted by Gasteiger charge is -2.02. The van der Waals surface area contributed by atoms with Crippen molar-refractivity contribution in [2.45, 2.75) is 6.92 Å². The van der Waals surface area contributed by atoms with Gasteiger partial charge in [0.1, 0.15) is 5.75 Å². The number of hydrogen-bond acceptors (Lipinski definition) is 2. The van der Waals surface area contributed by atoms with Crippen LogP contribution in [0, 0.1) is 0 Å². The Balaban J connectivity index is 3.23. The quantitative estimate of drug-likeness (QED) is 0.667. The highest BCUT2D eigenvalue weighted by molar-refractivity contribution is 6.31. The summed E-state index contributed by atoms with van der Waals surface area (Å²) >= 11 is 5.75. The van der Waals surface area contributed by atoms with E-state index in [2.05, 4.69) is 4.99 Å². The van der Waals surface area contributed by atoms with Crippen LogP contribution in [0.3, 0.4) is 0 Å². The average Bonchev–Trinajstić information content (AvgIpc) is 2.08. The van der Waals surface area contributed by atoms with Crippen molar-refractivity contribution in [2.75, 3.05) is 7.05 Å². The van der Waals surface area contributed by atoms with Gasteiger partial charge in [0.25, 0.3) is 0 Å². The predicted octanol–water partition coefficient (Wildman–Crippen LogP) is 2.48. The molecule has 0 saturated carbocycles. The third-order valence-electron chi connectivity index (χ3n) is 1.68. The molecule has 1 aromatic carbocycles. The number of nitrogens with zero attached hydrogens (tertiary/aromatic N) is 1. The van der Waals surface area contributed by atoms with Gasteiger partial charge in [-0.25, -0.2) is 0 Å². The average molecular weight is 184 g/mol. The van der Waals surface area contributed by atoms with Gasteiger partial charge >= 0.3 is 0 Å². The molecule has 0 aliphatic heterocycles. The smallest absolute Gasteiger partial charge is 0.124 e. The molecule has 1 N–H and O–H groups in total. The molecule has 0 aromatic heterocycles. The van der Waals surface area contributed by atoms with E-state index in [-0.39, 0.29) is 5.75 Å². The van der Waals surface area contributed by atoms with Crippen LogP contribution in [-0.4, -0.2) is 17.9 Å². The van der Waals surface area contributed by atoms with E-state index in [9.17, 15) is 5.11 Å². The van der Waals surface area contributed by atoms with E-state index in [4.69, 9.17) is 11.6 Å². The van der Waals surface area contributed by atoms with E-state index in [1.165, 1.54) is 0 Å². The molecular formula is C9H10ClNO. The molecule has 0 aliphatic carbocycles. The molecule has 2 nitrogen and oxygen atoms in total. The summed E-state index contributed by atoms with van der Waals surface area (Å²) in [5.74, 6) is 0.211. The number of phenolic OH excluding ortho intramolecular Hbond substituents is 1. The topological polar surface area (TPSA) is 32.6 Å². The second kappa shape index (κ2) is 3.59. The lowest BCUT2D eigenvalue weighted by Crippen LogP contribution is -1.94. The Bertz CT molecular complexity index is 320. The zero-order valence-electron chi connectivity index (χ0n) is 7.00. The first-order valence-electron chi connectivity index (χ1n) is 3.57. The second-order valence-corrected chi connectivity index (χ2v) is 2.91. The van der Waals surface area contributed by atoms with Crippen LogP contribution in [0.4, 0.5) is 0 Å². The van der Waals surface area contributed by atoms with Crippen molar-refractivity contribution in [2.24, 2.45) is 4.99 Å². The third-order valence-corrected chi connectivity index (χ3v) is 1.92. The van der Waals surface area contributed by atoms with Crippen LogP contribution in [0.15, 0.2) is 23.2 Å². The van der Waals surface area contributed by atoms with E-state index in [1.807, 2.05) is 6.92 Å². The summed E-state index contributed by atoms with van der Waals surface area (Å²) < 4.78 is 0. The number of benzene rings is 1. The Kier molecular flexibility index (Phi) is 2.71. The van der Waals surface area contributed by atoms with Crippen molar-refractivity contribution in [3.05, 3.63) is 28.8 Å². The molecule has 0 heterocycles. The third kappa shape index (κ3) is 1.77. The number of rotatable bonds is 1. The molecule has 3 heteroatoms. The normalized spacial score (nSPS) is 11.8. The molecule has 0 atom stereocenters. The van der Waals surface area contributed by atoms with Crippen molar-refractivity contribution >= 4 is 17.3 Å². The molecular weight excluding hydrogens is 174 g/mol. The molecule has 0 bridgehead atoms. The summed E-state index contributed by atoms with van der Waals surface area (Å²) in [6, 6.07) is 4.90. The largest absolute Gasteiger partial charge is 0.507 e. The summed E-state index contributed by atoms with van der Waals surface area (Å²) in [4.78, 5) is 3.96. The van der Waals surface area contributed by atoms with Crippen LogP contribution in [0.1, 0.15) is 12.5 Å². The predicted molar refractivity (Wildman–Crippen MR) is 51.3 cm³/mol. The van der Waals surface area contributed by atoms with Gasteiger partial charge in [-0.2, -0.15) is 0 Å². The number of aliphatic imine (C=N–C) groups is 1. The molecule has 0 unspecified atom stereocenters. The maximum absolute atomic E-state index is 9.40. The van der Waals surface area contributed by atoms with Gasteiger partial charge in [-0.1, -0.05) is 11.6 Å². The first-order valence-corrected chi connectivity index (χ1v) is 3.95. The Hall–Kier alpha value is -1.02. The highest BCUT2D eigenvalue weighted by Crippen LogP contribution is 2.21. The van der Waals surface area contributed by atoms with Gasteiger partial charge in [-0.15, -0.1) is 0 Å². The van der Waals surface area contributed by atoms with Crippen molar-refractivity contribution in [1.29, 1.82) is 0 Å². The molecule has 12 heavy (non-hydrogen) atoms. The fourth-order valence-electron chi connectivity index (χ4n) is 0.919. The highest BCUT2D eigenvalue weighted by atomic mass is 35.5. The minimum absolute atomic E-state index is 0.211. The van der Waals surface area contributed by atoms with E-state index < -0.39 is 0 Å². The number of halogens is 1. The van der Waals surface area contributed by atoms with Gasteiger partial charge in [-0.05, 0) is 25.1 Å². The lowest BCUT2D eigenvalue weighted by atomic mass is 10.1. The van der Waals surface area contributed by atoms with Crippen LogP contribution < -0.4 is 0 Å². The fourth-order valence-corrected chi connectivity index (χ4v) is 1.09.